The second kappa shape index (κ2) is 3.74. The second-order valence-electron chi connectivity index (χ2n) is 4.91. The van der Waals surface area contributed by atoms with Gasteiger partial charge in [0.05, 0.1) is 13.5 Å². The van der Waals surface area contributed by atoms with E-state index in [1.54, 1.807) is 31.4 Å². The molecule has 17 heavy (non-hydrogen) atoms. The Bertz CT molecular complexity index is 435. The van der Waals surface area contributed by atoms with Gasteiger partial charge in [-0.2, -0.15) is 0 Å². The third-order valence-corrected chi connectivity index (χ3v) is 3.25. The van der Waals surface area contributed by atoms with E-state index < -0.39 is 11.2 Å². The molecule has 4 heteroatoms. The fraction of sp³-hybridized carbons (Fsp3) is 0.462. The van der Waals surface area contributed by atoms with Crippen LogP contribution in [0, 0.1) is 5.41 Å². The number of aliphatic hydroxyl groups is 1. The summed E-state index contributed by atoms with van der Waals surface area (Å²) in [7, 11) is 1.57. The Morgan fingerprint density at radius 1 is 1.29 bits per heavy atom. The highest BCUT2D eigenvalue weighted by atomic mass is 16.7. The van der Waals surface area contributed by atoms with Gasteiger partial charge in [0.15, 0.2) is 0 Å². The zero-order valence-corrected chi connectivity index (χ0v) is 10.2. The quantitative estimate of drug-likeness (QED) is 0.796. The molecular formula is C13H16O4. The number of ether oxygens (including phenoxy) is 2. The molecule has 0 saturated carbocycles. The van der Waals surface area contributed by atoms with E-state index in [2.05, 4.69) is 0 Å². The monoisotopic (exact) mass is 236 g/mol. The van der Waals surface area contributed by atoms with Crippen molar-refractivity contribution in [2.24, 2.45) is 5.41 Å². The van der Waals surface area contributed by atoms with Gasteiger partial charge in [0.1, 0.15) is 5.75 Å². The van der Waals surface area contributed by atoms with Crippen molar-refractivity contribution in [3.8, 4) is 5.75 Å². The Kier molecular flexibility index (Phi) is 2.62. The van der Waals surface area contributed by atoms with Crippen molar-refractivity contribution in [2.75, 3.05) is 7.11 Å². The van der Waals surface area contributed by atoms with Crippen LogP contribution in [0.1, 0.15) is 25.8 Å². The number of benzene rings is 1. The minimum absolute atomic E-state index is 0.204. The number of methoxy groups -OCH3 is 1. The SMILES string of the molecule is COc1ccc(C2(O)OC(=O)CC2(C)C)cc1. The zero-order chi connectivity index (χ0) is 12.7. The molecule has 0 aromatic heterocycles. The molecule has 1 N–H and O–H groups in total. The lowest BCUT2D eigenvalue weighted by atomic mass is 9.79. The first-order valence-corrected chi connectivity index (χ1v) is 5.48. The van der Waals surface area contributed by atoms with Gasteiger partial charge in [-0.3, -0.25) is 4.79 Å². The van der Waals surface area contributed by atoms with Crippen LogP contribution in [0.3, 0.4) is 0 Å². The zero-order valence-electron chi connectivity index (χ0n) is 10.2. The molecular weight excluding hydrogens is 220 g/mol. The van der Waals surface area contributed by atoms with Crippen LogP contribution >= 0.6 is 0 Å². The molecule has 2 rings (SSSR count). The van der Waals surface area contributed by atoms with Crippen molar-refractivity contribution < 1.29 is 19.4 Å². The summed E-state index contributed by atoms with van der Waals surface area (Å²) in [5.41, 5.74) is -0.0762. The minimum Gasteiger partial charge on any atom is -0.497 e. The minimum atomic E-state index is -1.56. The average molecular weight is 236 g/mol. The van der Waals surface area contributed by atoms with E-state index in [0.29, 0.717) is 11.3 Å². The summed E-state index contributed by atoms with van der Waals surface area (Å²) in [6.07, 6.45) is 0.204. The van der Waals surface area contributed by atoms with Gasteiger partial charge in [0, 0.05) is 11.0 Å². The molecule has 1 fully saturated rings. The lowest BCUT2D eigenvalue weighted by Gasteiger charge is -2.33. The summed E-state index contributed by atoms with van der Waals surface area (Å²) in [5, 5.41) is 10.5. The normalized spacial score (nSPS) is 26.7. The predicted molar refractivity (Wildman–Crippen MR) is 61.4 cm³/mol. The number of carbonyl (C=O) groups is 1. The maximum atomic E-state index is 11.4. The molecule has 1 aromatic rings. The van der Waals surface area contributed by atoms with Crippen LogP contribution in [-0.4, -0.2) is 18.2 Å². The molecule has 1 unspecified atom stereocenters. The molecule has 1 saturated heterocycles. The molecule has 0 spiro atoms. The van der Waals surface area contributed by atoms with Crippen LogP contribution < -0.4 is 4.74 Å². The van der Waals surface area contributed by atoms with Gasteiger partial charge in [0.2, 0.25) is 5.79 Å². The van der Waals surface area contributed by atoms with E-state index in [0.717, 1.165) is 0 Å². The molecule has 0 amide bonds. The lowest BCUT2D eigenvalue weighted by molar-refractivity contribution is -0.226. The number of esters is 1. The molecule has 1 aliphatic rings. The Morgan fingerprint density at radius 2 is 1.88 bits per heavy atom. The van der Waals surface area contributed by atoms with Crippen LogP contribution in [0.5, 0.6) is 5.75 Å². The second-order valence-corrected chi connectivity index (χ2v) is 4.91. The summed E-state index contributed by atoms with van der Waals surface area (Å²) in [6.45, 7) is 3.62. The first kappa shape index (κ1) is 11.9. The lowest BCUT2D eigenvalue weighted by Crippen LogP contribution is -2.38. The highest BCUT2D eigenvalue weighted by Gasteiger charge is 2.55. The highest BCUT2D eigenvalue weighted by Crippen LogP contribution is 2.48. The Hall–Kier alpha value is -1.55. The summed E-state index contributed by atoms with van der Waals surface area (Å²) < 4.78 is 10.1. The molecule has 1 aliphatic heterocycles. The Balaban J connectivity index is 2.40. The number of hydrogen-bond acceptors (Lipinski definition) is 4. The van der Waals surface area contributed by atoms with Crippen molar-refractivity contribution >= 4 is 5.97 Å². The predicted octanol–water partition coefficient (Wildman–Crippen LogP) is 1.81. The number of cyclic esters (lactones) is 1. The van der Waals surface area contributed by atoms with E-state index in [-0.39, 0.29) is 12.4 Å². The van der Waals surface area contributed by atoms with E-state index in [1.807, 2.05) is 13.8 Å². The van der Waals surface area contributed by atoms with E-state index in [4.69, 9.17) is 9.47 Å². The number of carbonyl (C=O) groups excluding carboxylic acids is 1. The van der Waals surface area contributed by atoms with Crippen LogP contribution in [0.4, 0.5) is 0 Å². The Morgan fingerprint density at radius 3 is 2.29 bits per heavy atom. The highest BCUT2D eigenvalue weighted by molar-refractivity contribution is 5.73. The average Bonchev–Trinajstić information content (AvgIpc) is 2.48. The molecule has 0 radical (unpaired) electrons. The summed E-state index contributed by atoms with van der Waals surface area (Å²) in [5.74, 6) is -1.25. The molecule has 0 aliphatic carbocycles. The number of hydrogen-bond donors (Lipinski definition) is 1. The van der Waals surface area contributed by atoms with Crippen LogP contribution in [0.15, 0.2) is 24.3 Å². The van der Waals surface area contributed by atoms with Gasteiger partial charge in [-0.25, -0.2) is 0 Å². The van der Waals surface area contributed by atoms with Crippen LogP contribution in [0.2, 0.25) is 0 Å². The fourth-order valence-electron chi connectivity index (χ4n) is 2.09. The van der Waals surface area contributed by atoms with Gasteiger partial charge < -0.3 is 14.6 Å². The topological polar surface area (TPSA) is 55.8 Å². The Labute approximate surface area is 100 Å². The van der Waals surface area contributed by atoms with Crippen LogP contribution in [-0.2, 0) is 15.3 Å². The number of rotatable bonds is 2. The molecule has 1 aromatic carbocycles. The van der Waals surface area contributed by atoms with E-state index >= 15 is 0 Å². The molecule has 4 nitrogen and oxygen atoms in total. The van der Waals surface area contributed by atoms with Gasteiger partial charge in [0.25, 0.3) is 0 Å². The summed E-state index contributed by atoms with van der Waals surface area (Å²) in [6, 6.07) is 6.88. The molecule has 1 heterocycles. The first-order chi connectivity index (χ1) is 7.89. The van der Waals surface area contributed by atoms with E-state index in [9.17, 15) is 9.90 Å². The van der Waals surface area contributed by atoms with Gasteiger partial charge in [-0.1, -0.05) is 13.8 Å². The summed E-state index contributed by atoms with van der Waals surface area (Å²) in [4.78, 5) is 11.4. The molecule has 1 atom stereocenters. The van der Waals surface area contributed by atoms with Crippen molar-refractivity contribution in [3.05, 3.63) is 29.8 Å². The van der Waals surface area contributed by atoms with E-state index in [1.165, 1.54) is 0 Å². The largest absolute Gasteiger partial charge is 0.497 e. The third kappa shape index (κ3) is 1.78. The smallest absolute Gasteiger partial charge is 0.309 e. The van der Waals surface area contributed by atoms with Gasteiger partial charge >= 0.3 is 5.97 Å². The van der Waals surface area contributed by atoms with Gasteiger partial charge in [-0.05, 0) is 24.3 Å². The first-order valence-electron chi connectivity index (χ1n) is 5.48. The standard InChI is InChI=1S/C13H16O4/c1-12(2)8-11(14)17-13(12,15)9-4-6-10(16-3)7-5-9/h4-7,15H,8H2,1-3H3. The fourth-order valence-corrected chi connectivity index (χ4v) is 2.09. The van der Waals surface area contributed by atoms with Crippen molar-refractivity contribution in [1.82, 2.24) is 0 Å². The molecule has 92 valence electrons. The van der Waals surface area contributed by atoms with Crippen LogP contribution in [0.25, 0.3) is 0 Å². The molecule has 0 bridgehead atoms. The maximum absolute atomic E-state index is 11.4. The summed E-state index contributed by atoms with van der Waals surface area (Å²) >= 11 is 0. The third-order valence-electron chi connectivity index (χ3n) is 3.25. The van der Waals surface area contributed by atoms with Crippen molar-refractivity contribution in [3.63, 3.8) is 0 Å². The maximum Gasteiger partial charge on any atom is 0.309 e. The van der Waals surface area contributed by atoms with Gasteiger partial charge in [-0.15, -0.1) is 0 Å². The van der Waals surface area contributed by atoms with Crippen molar-refractivity contribution in [1.29, 1.82) is 0 Å². The van der Waals surface area contributed by atoms with Crippen molar-refractivity contribution in [2.45, 2.75) is 26.1 Å².